The van der Waals surface area contributed by atoms with Gasteiger partial charge in [0.15, 0.2) is 0 Å². The average Bonchev–Trinajstić information content (AvgIpc) is 2.48. The molecule has 0 saturated heterocycles. The summed E-state index contributed by atoms with van der Waals surface area (Å²) < 4.78 is 0. The lowest BCUT2D eigenvalue weighted by molar-refractivity contribution is 0.914. The maximum atomic E-state index is 2.22. The molecule has 0 heterocycles. The van der Waals surface area contributed by atoms with Gasteiger partial charge in [-0.05, 0) is 48.3 Å². The van der Waals surface area contributed by atoms with E-state index < -0.39 is 0 Å². The second-order valence-corrected chi connectivity index (χ2v) is 6.02. The number of hydrogen-bond donors (Lipinski definition) is 0. The van der Waals surface area contributed by atoms with Crippen molar-refractivity contribution in [2.75, 3.05) is 11.5 Å². The predicted octanol–water partition coefficient (Wildman–Crippen LogP) is 4.99. The molecule has 0 bridgehead atoms. The summed E-state index contributed by atoms with van der Waals surface area (Å²) >= 11 is 2.09. The fraction of sp³-hybridized carbons (Fsp3) is 0.333. The van der Waals surface area contributed by atoms with Gasteiger partial charge in [-0.1, -0.05) is 60.7 Å². The van der Waals surface area contributed by atoms with E-state index in [1.165, 1.54) is 48.3 Å². The molecule has 0 atom stereocenters. The number of benzene rings is 2. The molecule has 0 saturated carbocycles. The SMILES string of the molecule is c1ccc(CCCSCCCc2ccccc2)cc1. The minimum atomic E-state index is 1.21. The molecule has 19 heavy (non-hydrogen) atoms. The third-order valence-electron chi connectivity index (χ3n) is 3.19. The Bertz CT molecular complexity index is 392. The van der Waals surface area contributed by atoms with Gasteiger partial charge in [0.05, 0.1) is 0 Å². The van der Waals surface area contributed by atoms with Crippen LogP contribution in [0.3, 0.4) is 0 Å². The standard InChI is InChI=1S/C18H22S/c1-3-9-17(10-4-1)13-7-15-19-16-8-14-18-11-5-2-6-12-18/h1-6,9-12H,7-8,13-16H2. The first-order valence-corrected chi connectivity index (χ1v) is 8.26. The lowest BCUT2D eigenvalue weighted by Gasteiger charge is -2.03. The van der Waals surface area contributed by atoms with Gasteiger partial charge in [0.25, 0.3) is 0 Å². The van der Waals surface area contributed by atoms with Crippen LogP contribution in [0, 0.1) is 0 Å². The zero-order valence-corrected chi connectivity index (χ0v) is 12.2. The molecule has 2 rings (SSSR count). The molecule has 0 aromatic heterocycles. The van der Waals surface area contributed by atoms with Gasteiger partial charge >= 0.3 is 0 Å². The quantitative estimate of drug-likeness (QED) is 0.609. The number of thioether (sulfide) groups is 1. The zero-order chi connectivity index (χ0) is 13.2. The van der Waals surface area contributed by atoms with Gasteiger partial charge in [-0.25, -0.2) is 0 Å². The van der Waals surface area contributed by atoms with Crippen LogP contribution in [-0.2, 0) is 12.8 Å². The maximum Gasteiger partial charge on any atom is -0.00644 e. The minimum absolute atomic E-state index is 1.21. The molecular weight excluding hydrogens is 248 g/mol. The van der Waals surface area contributed by atoms with Crippen molar-refractivity contribution in [3.63, 3.8) is 0 Å². The first-order valence-electron chi connectivity index (χ1n) is 7.11. The lowest BCUT2D eigenvalue weighted by atomic mass is 10.1. The molecule has 0 spiro atoms. The van der Waals surface area contributed by atoms with Crippen LogP contribution in [0.2, 0.25) is 0 Å². The summed E-state index contributed by atoms with van der Waals surface area (Å²) in [7, 11) is 0. The topological polar surface area (TPSA) is 0 Å². The zero-order valence-electron chi connectivity index (χ0n) is 11.4. The summed E-state index contributed by atoms with van der Waals surface area (Å²) in [5, 5.41) is 0. The second-order valence-electron chi connectivity index (χ2n) is 4.79. The predicted molar refractivity (Wildman–Crippen MR) is 86.9 cm³/mol. The van der Waals surface area contributed by atoms with Gasteiger partial charge < -0.3 is 0 Å². The Morgan fingerprint density at radius 1 is 0.579 bits per heavy atom. The Morgan fingerprint density at radius 3 is 1.42 bits per heavy atom. The Kier molecular flexibility index (Phi) is 6.59. The highest BCUT2D eigenvalue weighted by Gasteiger charge is 1.95. The number of aryl methyl sites for hydroxylation is 2. The van der Waals surface area contributed by atoms with Crippen molar-refractivity contribution in [2.24, 2.45) is 0 Å². The van der Waals surface area contributed by atoms with Crippen LogP contribution in [0.5, 0.6) is 0 Å². The molecule has 1 heteroatoms. The summed E-state index contributed by atoms with van der Waals surface area (Å²) in [6.07, 6.45) is 5.01. The molecule has 0 radical (unpaired) electrons. The van der Waals surface area contributed by atoms with Gasteiger partial charge in [0, 0.05) is 0 Å². The molecule has 0 aliphatic rings. The van der Waals surface area contributed by atoms with Crippen molar-refractivity contribution in [2.45, 2.75) is 25.7 Å². The van der Waals surface area contributed by atoms with E-state index in [1.807, 2.05) is 0 Å². The van der Waals surface area contributed by atoms with Gasteiger partial charge in [0.2, 0.25) is 0 Å². The van der Waals surface area contributed by atoms with E-state index in [-0.39, 0.29) is 0 Å². The van der Waals surface area contributed by atoms with E-state index in [2.05, 4.69) is 72.4 Å². The number of rotatable bonds is 8. The monoisotopic (exact) mass is 270 g/mol. The summed E-state index contributed by atoms with van der Waals surface area (Å²) in [6, 6.07) is 21.6. The smallest absolute Gasteiger partial charge is 0.00644 e. The molecule has 0 N–H and O–H groups in total. The van der Waals surface area contributed by atoms with Crippen LogP contribution >= 0.6 is 11.8 Å². The molecule has 2 aromatic rings. The third-order valence-corrected chi connectivity index (χ3v) is 4.35. The molecule has 0 amide bonds. The molecular formula is C18H22S. The molecule has 100 valence electrons. The van der Waals surface area contributed by atoms with E-state index in [0.29, 0.717) is 0 Å². The van der Waals surface area contributed by atoms with Crippen LogP contribution in [0.25, 0.3) is 0 Å². The van der Waals surface area contributed by atoms with Gasteiger partial charge in [0.1, 0.15) is 0 Å². The Balaban J connectivity index is 1.49. The van der Waals surface area contributed by atoms with Crippen molar-refractivity contribution >= 4 is 11.8 Å². The van der Waals surface area contributed by atoms with Crippen molar-refractivity contribution in [3.05, 3.63) is 71.8 Å². The van der Waals surface area contributed by atoms with Crippen LogP contribution in [0.1, 0.15) is 24.0 Å². The van der Waals surface area contributed by atoms with Crippen LogP contribution < -0.4 is 0 Å². The maximum absolute atomic E-state index is 2.22. The first-order chi connectivity index (χ1) is 9.45. The van der Waals surface area contributed by atoms with E-state index in [1.54, 1.807) is 0 Å². The van der Waals surface area contributed by atoms with E-state index in [9.17, 15) is 0 Å². The van der Waals surface area contributed by atoms with Crippen LogP contribution in [0.4, 0.5) is 0 Å². The van der Waals surface area contributed by atoms with E-state index >= 15 is 0 Å². The van der Waals surface area contributed by atoms with Gasteiger partial charge in [-0.15, -0.1) is 0 Å². The van der Waals surface area contributed by atoms with Crippen molar-refractivity contribution < 1.29 is 0 Å². The second kappa shape index (κ2) is 8.82. The van der Waals surface area contributed by atoms with Crippen molar-refractivity contribution in [1.29, 1.82) is 0 Å². The van der Waals surface area contributed by atoms with Crippen molar-refractivity contribution in [3.8, 4) is 0 Å². The van der Waals surface area contributed by atoms with Gasteiger partial charge in [-0.3, -0.25) is 0 Å². The Hall–Kier alpha value is -1.21. The van der Waals surface area contributed by atoms with Crippen LogP contribution in [-0.4, -0.2) is 11.5 Å². The Labute approximate surface area is 121 Å². The largest absolute Gasteiger partial charge is 0.162 e. The highest BCUT2D eigenvalue weighted by atomic mass is 32.2. The molecule has 0 aliphatic heterocycles. The van der Waals surface area contributed by atoms with Crippen molar-refractivity contribution in [1.82, 2.24) is 0 Å². The molecule has 2 aromatic carbocycles. The lowest BCUT2D eigenvalue weighted by Crippen LogP contribution is -1.91. The third kappa shape index (κ3) is 5.98. The molecule has 0 aliphatic carbocycles. The molecule has 0 fully saturated rings. The normalized spacial score (nSPS) is 10.5. The highest BCUT2D eigenvalue weighted by Crippen LogP contribution is 2.11. The van der Waals surface area contributed by atoms with Gasteiger partial charge in [-0.2, -0.15) is 11.8 Å². The Morgan fingerprint density at radius 2 is 1.00 bits per heavy atom. The molecule has 0 nitrogen and oxygen atoms in total. The van der Waals surface area contributed by atoms with E-state index in [0.717, 1.165) is 0 Å². The average molecular weight is 270 g/mol. The summed E-state index contributed by atoms with van der Waals surface area (Å²) in [5.41, 5.74) is 2.93. The molecule has 0 unspecified atom stereocenters. The number of hydrogen-bond acceptors (Lipinski definition) is 1. The first kappa shape index (κ1) is 14.2. The summed E-state index contributed by atoms with van der Waals surface area (Å²) in [5.74, 6) is 2.56. The van der Waals surface area contributed by atoms with E-state index in [4.69, 9.17) is 0 Å². The summed E-state index contributed by atoms with van der Waals surface area (Å²) in [6.45, 7) is 0. The fourth-order valence-corrected chi connectivity index (χ4v) is 3.05. The van der Waals surface area contributed by atoms with Crippen LogP contribution in [0.15, 0.2) is 60.7 Å². The minimum Gasteiger partial charge on any atom is -0.162 e. The summed E-state index contributed by atoms with van der Waals surface area (Å²) in [4.78, 5) is 0. The highest BCUT2D eigenvalue weighted by molar-refractivity contribution is 7.99. The fourth-order valence-electron chi connectivity index (χ4n) is 2.15.